The van der Waals surface area contributed by atoms with E-state index in [1.807, 2.05) is 12.1 Å². The van der Waals surface area contributed by atoms with Crippen LogP contribution in [-0.2, 0) is 15.8 Å². The maximum atomic E-state index is 12.7. The predicted octanol–water partition coefficient (Wildman–Crippen LogP) is 3.66. The molecule has 2 amide bonds. The summed E-state index contributed by atoms with van der Waals surface area (Å²) in [6, 6.07) is 11.8. The number of carbonyl (C=O) groups excluding carboxylic acids is 2. The van der Waals surface area contributed by atoms with E-state index in [1.54, 1.807) is 12.1 Å². The van der Waals surface area contributed by atoms with E-state index in [9.17, 15) is 22.8 Å². The fraction of sp³-hybridized carbons (Fsp3) is 0.167. The zero-order valence-corrected chi connectivity index (χ0v) is 14.6. The number of benzene rings is 2. The number of nitrogens with one attached hydrogen (secondary N) is 2. The molecule has 9 heteroatoms. The van der Waals surface area contributed by atoms with Crippen molar-refractivity contribution in [1.82, 2.24) is 5.43 Å². The number of thioether (sulfide) groups is 1. The first kappa shape index (κ1) is 19.0. The van der Waals surface area contributed by atoms with Crippen LogP contribution in [0.25, 0.3) is 0 Å². The number of amides is 2. The third-order valence-corrected chi connectivity index (χ3v) is 4.97. The summed E-state index contributed by atoms with van der Waals surface area (Å²) in [4.78, 5) is 24.9. The molecule has 0 unspecified atom stereocenters. The zero-order chi connectivity index (χ0) is 19.4. The molecule has 0 fully saturated rings. The number of nitrogens with zero attached hydrogens (tertiary/aromatic N) is 1. The van der Waals surface area contributed by atoms with Crippen molar-refractivity contribution in [2.75, 3.05) is 5.32 Å². The van der Waals surface area contributed by atoms with Gasteiger partial charge in [0.1, 0.15) is 0 Å². The summed E-state index contributed by atoms with van der Waals surface area (Å²) in [5, 5.41) is 5.79. The van der Waals surface area contributed by atoms with Crippen molar-refractivity contribution in [3.63, 3.8) is 0 Å². The van der Waals surface area contributed by atoms with E-state index in [2.05, 4.69) is 15.8 Å². The average Bonchev–Trinajstić information content (AvgIpc) is 2.62. The molecular weight excluding hydrogens is 379 g/mol. The first-order valence-corrected chi connectivity index (χ1v) is 8.76. The van der Waals surface area contributed by atoms with Gasteiger partial charge in [0, 0.05) is 11.3 Å². The van der Waals surface area contributed by atoms with E-state index < -0.39 is 22.9 Å². The molecule has 0 saturated heterocycles. The second kappa shape index (κ2) is 7.83. The minimum absolute atomic E-state index is 0.106. The van der Waals surface area contributed by atoms with Gasteiger partial charge in [-0.05, 0) is 29.8 Å². The molecule has 0 aliphatic carbocycles. The highest BCUT2D eigenvalue weighted by Gasteiger charge is 2.30. The highest BCUT2D eigenvalue weighted by molar-refractivity contribution is 8.01. The molecule has 3 rings (SSSR count). The van der Waals surface area contributed by atoms with Crippen LogP contribution in [0.3, 0.4) is 0 Å². The van der Waals surface area contributed by atoms with E-state index in [1.165, 1.54) is 23.9 Å². The number of fused-ring (bicyclic) bond motifs is 1. The standard InChI is InChI=1S/C18H14F3N3O2S/c19-18(20,21)12-5-3-4-11(8-12)10-22-24-16(25)9-15-17(26)23-13-6-1-2-7-14(13)27-15/h1-8,10,15H,9H2,(H,23,26)(H,24,25)/b22-10-/t15-/m0/s1. The van der Waals surface area contributed by atoms with Gasteiger partial charge in [-0.15, -0.1) is 11.8 Å². The smallest absolute Gasteiger partial charge is 0.324 e. The normalized spacial score (nSPS) is 16.7. The lowest BCUT2D eigenvalue weighted by molar-refractivity contribution is -0.137. The lowest BCUT2D eigenvalue weighted by Gasteiger charge is -2.23. The molecule has 27 heavy (non-hydrogen) atoms. The molecule has 2 N–H and O–H groups in total. The number of halogens is 3. The summed E-state index contributed by atoms with van der Waals surface area (Å²) in [6.45, 7) is 0. The molecule has 1 atom stereocenters. The number of anilines is 1. The van der Waals surface area contributed by atoms with Gasteiger partial charge in [-0.25, -0.2) is 5.43 Å². The van der Waals surface area contributed by atoms with Gasteiger partial charge in [-0.2, -0.15) is 18.3 Å². The zero-order valence-electron chi connectivity index (χ0n) is 13.8. The van der Waals surface area contributed by atoms with E-state index in [4.69, 9.17) is 0 Å². The van der Waals surface area contributed by atoms with Crippen LogP contribution in [0.2, 0.25) is 0 Å². The van der Waals surface area contributed by atoms with Crippen LogP contribution in [0.1, 0.15) is 17.5 Å². The number of hydrogen-bond donors (Lipinski definition) is 2. The third kappa shape index (κ3) is 4.88. The lowest BCUT2D eigenvalue weighted by Crippen LogP contribution is -2.33. The Bertz CT molecular complexity index is 899. The Hall–Kier alpha value is -2.81. The average molecular weight is 393 g/mol. The summed E-state index contributed by atoms with van der Waals surface area (Å²) in [5.41, 5.74) is 2.34. The predicted molar refractivity (Wildman–Crippen MR) is 96.5 cm³/mol. The minimum Gasteiger partial charge on any atom is -0.324 e. The number of carbonyl (C=O) groups is 2. The van der Waals surface area contributed by atoms with Crippen molar-refractivity contribution in [3.8, 4) is 0 Å². The second-order valence-electron chi connectivity index (χ2n) is 5.71. The lowest BCUT2D eigenvalue weighted by atomic mass is 10.1. The molecule has 0 aromatic heterocycles. The SMILES string of the molecule is O=C(C[C@@H]1Sc2ccccc2NC1=O)N/N=C\c1cccc(C(F)(F)F)c1. The summed E-state index contributed by atoms with van der Waals surface area (Å²) in [5.74, 6) is -0.791. The Labute approximate surface area is 157 Å². The molecule has 5 nitrogen and oxygen atoms in total. The van der Waals surface area contributed by atoms with E-state index in [0.29, 0.717) is 5.69 Å². The first-order chi connectivity index (χ1) is 12.8. The van der Waals surface area contributed by atoms with Crippen LogP contribution < -0.4 is 10.7 Å². The highest BCUT2D eigenvalue weighted by atomic mass is 32.2. The molecule has 1 aliphatic rings. The Morgan fingerprint density at radius 3 is 2.78 bits per heavy atom. The molecule has 0 radical (unpaired) electrons. The molecule has 0 saturated carbocycles. The van der Waals surface area contributed by atoms with Crippen molar-refractivity contribution in [2.24, 2.45) is 5.10 Å². The maximum Gasteiger partial charge on any atom is 0.416 e. The Morgan fingerprint density at radius 1 is 1.22 bits per heavy atom. The molecule has 0 spiro atoms. The maximum absolute atomic E-state index is 12.7. The summed E-state index contributed by atoms with van der Waals surface area (Å²) in [7, 11) is 0. The van der Waals surface area contributed by atoms with Gasteiger partial charge in [-0.3, -0.25) is 9.59 Å². The number of hydrazone groups is 1. The van der Waals surface area contributed by atoms with Crippen molar-refractivity contribution in [1.29, 1.82) is 0 Å². The molecular formula is C18H14F3N3O2S. The van der Waals surface area contributed by atoms with Gasteiger partial charge in [0.15, 0.2) is 0 Å². The molecule has 0 bridgehead atoms. The van der Waals surface area contributed by atoms with Crippen LogP contribution in [0.4, 0.5) is 18.9 Å². The van der Waals surface area contributed by atoms with Gasteiger partial charge in [-0.1, -0.05) is 24.3 Å². The highest BCUT2D eigenvalue weighted by Crippen LogP contribution is 2.36. The van der Waals surface area contributed by atoms with Crippen LogP contribution in [0.5, 0.6) is 0 Å². The van der Waals surface area contributed by atoms with Crippen LogP contribution in [0, 0.1) is 0 Å². The first-order valence-electron chi connectivity index (χ1n) is 7.88. The van der Waals surface area contributed by atoms with Crippen LogP contribution in [0.15, 0.2) is 58.5 Å². The summed E-state index contributed by atoms with van der Waals surface area (Å²) < 4.78 is 38.0. The fourth-order valence-corrected chi connectivity index (χ4v) is 3.53. The minimum atomic E-state index is -4.45. The fourth-order valence-electron chi connectivity index (χ4n) is 2.42. The molecule has 140 valence electrons. The van der Waals surface area contributed by atoms with Crippen molar-refractivity contribution >= 4 is 35.5 Å². The van der Waals surface area contributed by atoms with E-state index in [-0.39, 0.29) is 17.9 Å². The Balaban J connectivity index is 1.57. The van der Waals surface area contributed by atoms with Crippen molar-refractivity contribution < 1.29 is 22.8 Å². The summed E-state index contributed by atoms with van der Waals surface area (Å²) >= 11 is 1.28. The molecule has 1 heterocycles. The monoisotopic (exact) mass is 393 g/mol. The quantitative estimate of drug-likeness (QED) is 0.615. The van der Waals surface area contributed by atoms with Crippen LogP contribution in [-0.4, -0.2) is 23.3 Å². The third-order valence-electron chi connectivity index (χ3n) is 3.69. The molecule has 2 aromatic carbocycles. The molecule has 1 aliphatic heterocycles. The second-order valence-corrected chi connectivity index (χ2v) is 6.96. The number of para-hydroxylation sites is 1. The Kier molecular flexibility index (Phi) is 5.50. The van der Waals surface area contributed by atoms with Gasteiger partial charge < -0.3 is 5.32 Å². The van der Waals surface area contributed by atoms with Crippen molar-refractivity contribution in [2.45, 2.75) is 22.7 Å². The Morgan fingerprint density at radius 2 is 2.00 bits per heavy atom. The number of rotatable bonds is 4. The van der Waals surface area contributed by atoms with Gasteiger partial charge in [0.25, 0.3) is 0 Å². The van der Waals surface area contributed by atoms with E-state index in [0.717, 1.165) is 23.2 Å². The molecule has 2 aromatic rings. The van der Waals surface area contributed by atoms with Gasteiger partial charge in [0.2, 0.25) is 11.8 Å². The number of alkyl halides is 3. The summed E-state index contributed by atoms with van der Waals surface area (Å²) in [6.07, 6.45) is -3.43. The topological polar surface area (TPSA) is 70.6 Å². The number of hydrogen-bond acceptors (Lipinski definition) is 4. The van der Waals surface area contributed by atoms with E-state index >= 15 is 0 Å². The van der Waals surface area contributed by atoms with Gasteiger partial charge >= 0.3 is 6.18 Å². The van der Waals surface area contributed by atoms with Gasteiger partial charge in [0.05, 0.1) is 22.7 Å². The van der Waals surface area contributed by atoms with Crippen molar-refractivity contribution in [3.05, 3.63) is 59.7 Å². The van der Waals surface area contributed by atoms with Crippen LogP contribution >= 0.6 is 11.8 Å². The largest absolute Gasteiger partial charge is 0.416 e.